The van der Waals surface area contributed by atoms with Crippen LogP contribution in [0.5, 0.6) is 0 Å². The largest absolute Gasteiger partial charge is 0.368 e. The molecule has 150 valence electrons. The van der Waals surface area contributed by atoms with Gasteiger partial charge in [-0.1, -0.05) is 37.3 Å². The van der Waals surface area contributed by atoms with Crippen LogP contribution < -0.4 is 5.32 Å². The molecule has 2 saturated heterocycles. The molecule has 0 aromatic heterocycles. The summed E-state index contributed by atoms with van der Waals surface area (Å²) >= 11 is 0. The maximum absolute atomic E-state index is 12.5. The van der Waals surface area contributed by atoms with Crippen LogP contribution in [0.3, 0.4) is 0 Å². The molecule has 2 unspecified atom stereocenters. The Hall–Kier alpha value is -1.35. The number of nitrogens with zero attached hydrogens (tertiary/aromatic N) is 3. The molecule has 1 aromatic rings. The number of hydrogen-bond donors (Lipinski definition) is 1. The Kier molecular flexibility index (Phi) is 8.82. The second-order valence-corrected chi connectivity index (χ2v) is 7.05. The van der Waals surface area contributed by atoms with Crippen LogP contribution in [0.1, 0.15) is 31.2 Å². The Labute approximate surface area is 179 Å². The predicted octanol–water partition coefficient (Wildman–Crippen LogP) is 2.31. The van der Waals surface area contributed by atoms with Crippen LogP contribution in [0.2, 0.25) is 0 Å². The van der Waals surface area contributed by atoms with Crippen molar-refractivity contribution < 1.29 is 9.53 Å². The summed E-state index contributed by atoms with van der Waals surface area (Å²) in [6, 6.07) is 10.5. The maximum Gasteiger partial charge on any atom is 0.251 e. The molecule has 1 N–H and O–H groups in total. The van der Waals surface area contributed by atoms with E-state index in [-0.39, 0.29) is 36.0 Å². The van der Waals surface area contributed by atoms with Crippen LogP contribution in [0.25, 0.3) is 0 Å². The van der Waals surface area contributed by atoms with Crippen molar-refractivity contribution in [2.75, 3.05) is 46.4 Å². The number of amides is 1. The summed E-state index contributed by atoms with van der Waals surface area (Å²) in [5.74, 6) is 1.48. The molecular weight excluding hydrogens is 455 g/mol. The molecule has 0 radical (unpaired) electrons. The van der Waals surface area contributed by atoms with Gasteiger partial charge in [0.15, 0.2) is 5.96 Å². The number of aliphatic imine (C=N–C) groups is 1. The van der Waals surface area contributed by atoms with Gasteiger partial charge in [-0.3, -0.25) is 9.79 Å². The third kappa shape index (κ3) is 5.81. The van der Waals surface area contributed by atoms with Gasteiger partial charge in [0.2, 0.25) is 0 Å². The zero-order valence-electron chi connectivity index (χ0n) is 16.3. The van der Waals surface area contributed by atoms with Crippen molar-refractivity contribution >= 4 is 35.8 Å². The molecule has 0 spiro atoms. The normalized spacial score (nSPS) is 21.6. The van der Waals surface area contributed by atoms with E-state index in [2.05, 4.69) is 46.4 Å². The minimum absolute atomic E-state index is 0. The first-order valence-electron chi connectivity index (χ1n) is 9.60. The fourth-order valence-corrected chi connectivity index (χ4v) is 3.59. The van der Waals surface area contributed by atoms with Crippen molar-refractivity contribution in [1.82, 2.24) is 15.1 Å². The molecule has 2 atom stereocenters. The van der Waals surface area contributed by atoms with Gasteiger partial charge in [-0.2, -0.15) is 0 Å². The molecule has 1 amide bonds. The molecule has 6 nitrogen and oxygen atoms in total. The molecular formula is C20H31IN4O2. The zero-order chi connectivity index (χ0) is 18.4. The topological polar surface area (TPSA) is 57.2 Å². The number of hydrogen-bond acceptors (Lipinski definition) is 3. The van der Waals surface area contributed by atoms with E-state index in [9.17, 15) is 4.79 Å². The molecule has 0 saturated carbocycles. The number of carbonyl (C=O) groups excluding carboxylic acids is 1. The molecule has 2 aliphatic rings. The lowest BCUT2D eigenvalue weighted by Crippen LogP contribution is -2.55. The lowest BCUT2D eigenvalue weighted by molar-refractivity contribution is -0.142. The summed E-state index contributed by atoms with van der Waals surface area (Å²) in [4.78, 5) is 21.1. The van der Waals surface area contributed by atoms with Gasteiger partial charge in [0.25, 0.3) is 5.91 Å². The van der Waals surface area contributed by atoms with Crippen LogP contribution in [-0.2, 0) is 9.53 Å². The lowest BCUT2D eigenvalue weighted by Gasteiger charge is -2.37. The van der Waals surface area contributed by atoms with Gasteiger partial charge in [0, 0.05) is 46.4 Å². The zero-order valence-corrected chi connectivity index (χ0v) is 18.6. The number of halogens is 1. The molecule has 3 rings (SSSR count). The number of guanidine groups is 1. The summed E-state index contributed by atoms with van der Waals surface area (Å²) < 4.78 is 5.53. The van der Waals surface area contributed by atoms with Crippen LogP contribution in [-0.4, -0.2) is 74.1 Å². The Morgan fingerprint density at radius 2 is 1.89 bits per heavy atom. The molecule has 0 bridgehead atoms. The Morgan fingerprint density at radius 1 is 1.22 bits per heavy atom. The highest BCUT2D eigenvalue weighted by Gasteiger charge is 2.30. The first-order chi connectivity index (χ1) is 12.7. The number of benzene rings is 1. The van der Waals surface area contributed by atoms with E-state index < -0.39 is 0 Å². The van der Waals surface area contributed by atoms with Gasteiger partial charge < -0.3 is 19.9 Å². The monoisotopic (exact) mass is 486 g/mol. The summed E-state index contributed by atoms with van der Waals surface area (Å²) in [6.45, 7) is 6.84. The molecule has 2 aliphatic heterocycles. The second kappa shape index (κ2) is 10.8. The van der Waals surface area contributed by atoms with E-state index in [1.54, 1.807) is 0 Å². The summed E-state index contributed by atoms with van der Waals surface area (Å²) in [6.07, 6.45) is 1.64. The van der Waals surface area contributed by atoms with E-state index in [1.807, 2.05) is 18.0 Å². The van der Waals surface area contributed by atoms with Crippen molar-refractivity contribution in [2.45, 2.75) is 31.8 Å². The van der Waals surface area contributed by atoms with Crippen molar-refractivity contribution in [3.63, 3.8) is 0 Å². The van der Waals surface area contributed by atoms with Crippen LogP contribution in [0.15, 0.2) is 35.3 Å². The molecule has 1 aromatic carbocycles. The smallest absolute Gasteiger partial charge is 0.251 e. The highest BCUT2D eigenvalue weighted by atomic mass is 127. The average molecular weight is 486 g/mol. The second-order valence-electron chi connectivity index (χ2n) is 7.05. The lowest BCUT2D eigenvalue weighted by atomic mass is 10.0. The highest BCUT2D eigenvalue weighted by molar-refractivity contribution is 14.0. The number of piperazine rings is 1. The van der Waals surface area contributed by atoms with E-state index in [1.165, 1.54) is 5.56 Å². The predicted molar refractivity (Wildman–Crippen MR) is 119 cm³/mol. The summed E-state index contributed by atoms with van der Waals surface area (Å²) in [5, 5.41) is 3.48. The van der Waals surface area contributed by atoms with Crippen molar-refractivity contribution in [1.29, 1.82) is 0 Å². The molecule has 7 heteroatoms. The van der Waals surface area contributed by atoms with Gasteiger partial charge in [0.1, 0.15) is 6.10 Å². The van der Waals surface area contributed by atoms with Crippen LogP contribution >= 0.6 is 24.0 Å². The SMILES string of the molecule is CN=C(NCC(C)c1ccccc1)N1CCN(C(=O)C2CCCO2)CC1.I. The molecule has 0 aliphatic carbocycles. The number of nitrogens with one attached hydrogen (secondary N) is 1. The van der Waals surface area contributed by atoms with Gasteiger partial charge in [-0.05, 0) is 24.3 Å². The standard InChI is InChI=1S/C20H30N4O2.HI/c1-16(17-7-4-3-5-8-17)15-22-20(21-2)24-12-10-23(11-13-24)19(25)18-9-6-14-26-18;/h3-5,7-8,16,18H,6,9-15H2,1-2H3,(H,21,22);1H. The van der Waals surface area contributed by atoms with Gasteiger partial charge in [0.05, 0.1) is 0 Å². The Morgan fingerprint density at radius 3 is 2.48 bits per heavy atom. The first-order valence-corrected chi connectivity index (χ1v) is 9.60. The highest BCUT2D eigenvalue weighted by Crippen LogP contribution is 2.16. The van der Waals surface area contributed by atoms with E-state index >= 15 is 0 Å². The van der Waals surface area contributed by atoms with Crippen molar-refractivity contribution in [3.8, 4) is 0 Å². The number of ether oxygens (including phenoxy) is 1. The first kappa shape index (κ1) is 21.9. The van der Waals surface area contributed by atoms with E-state index in [4.69, 9.17) is 4.74 Å². The fourth-order valence-electron chi connectivity index (χ4n) is 3.59. The maximum atomic E-state index is 12.5. The minimum atomic E-state index is -0.217. The number of rotatable bonds is 4. The Bertz CT molecular complexity index is 612. The van der Waals surface area contributed by atoms with Gasteiger partial charge in [-0.25, -0.2) is 0 Å². The quantitative estimate of drug-likeness (QED) is 0.403. The average Bonchev–Trinajstić information content (AvgIpc) is 3.24. The van der Waals surface area contributed by atoms with Crippen molar-refractivity contribution in [3.05, 3.63) is 35.9 Å². The summed E-state index contributed by atoms with van der Waals surface area (Å²) in [5.41, 5.74) is 1.32. The third-order valence-electron chi connectivity index (χ3n) is 5.24. The van der Waals surface area contributed by atoms with Crippen molar-refractivity contribution in [2.24, 2.45) is 4.99 Å². The van der Waals surface area contributed by atoms with Crippen LogP contribution in [0.4, 0.5) is 0 Å². The van der Waals surface area contributed by atoms with Crippen LogP contribution in [0, 0.1) is 0 Å². The summed E-state index contributed by atoms with van der Waals surface area (Å²) in [7, 11) is 1.82. The Balaban J connectivity index is 0.00000261. The molecule has 2 heterocycles. The van der Waals surface area contributed by atoms with Gasteiger partial charge >= 0.3 is 0 Å². The van der Waals surface area contributed by atoms with E-state index in [0.29, 0.717) is 12.5 Å². The number of carbonyl (C=O) groups is 1. The molecule has 2 fully saturated rings. The third-order valence-corrected chi connectivity index (χ3v) is 5.24. The molecule has 27 heavy (non-hydrogen) atoms. The van der Waals surface area contributed by atoms with Gasteiger partial charge in [-0.15, -0.1) is 24.0 Å². The fraction of sp³-hybridized carbons (Fsp3) is 0.600. The minimum Gasteiger partial charge on any atom is -0.368 e. The van der Waals surface area contributed by atoms with E-state index in [0.717, 1.165) is 51.5 Å².